The second-order valence-electron chi connectivity index (χ2n) is 5.49. The zero-order valence-electron chi connectivity index (χ0n) is 11.4. The molecule has 2 aliphatic rings. The van der Waals surface area contributed by atoms with E-state index in [1.54, 1.807) is 6.92 Å². The lowest BCUT2D eigenvalue weighted by Gasteiger charge is -2.40. The molecule has 5 N–H and O–H groups in total. The molecule has 0 aliphatic carbocycles. The number of aliphatic hydroxyl groups is 5. The van der Waals surface area contributed by atoms with Gasteiger partial charge in [0.05, 0.1) is 24.9 Å². The van der Waals surface area contributed by atoms with Crippen molar-refractivity contribution in [1.29, 1.82) is 0 Å². The topological polar surface area (TPSA) is 129 Å². The maximum Gasteiger partial charge on any atom is 0.197 e. The van der Waals surface area contributed by atoms with Crippen molar-refractivity contribution in [3.05, 3.63) is 0 Å². The number of rotatable bonds is 3. The molecule has 118 valence electrons. The van der Waals surface area contributed by atoms with Crippen LogP contribution in [0.15, 0.2) is 0 Å². The monoisotopic (exact) mass is 294 g/mol. The number of ether oxygens (including phenoxy) is 3. The molecule has 0 unspecified atom stereocenters. The van der Waals surface area contributed by atoms with Crippen LogP contribution in [0.2, 0.25) is 0 Å². The van der Waals surface area contributed by atoms with Crippen LogP contribution in [0.5, 0.6) is 0 Å². The average molecular weight is 294 g/mol. The summed E-state index contributed by atoms with van der Waals surface area (Å²) in [6.45, 7) is 2.66. The zero-order chi connectivity index (χ0) is 15.1. The van der Waals surface area contributed by atoms with Crippen molar-refractivity contribution in [2.24, 2.45) is 0 Å². The third kappa shape index (κ3) is 2.83. The molecule has 2 aliphatic heterocycles. The van der Waals surface area contributed by atoms with Gasteiger partial charge in [-0.05, 0) is 13.8 Å². The molecule has 0 spiro atoms. The van der Waals surface area contributed by atoms with Crippen LogP contribution < -0.4 is 0 Å². The Morgan fingerprint density at radius 2 is 1.85 bits per heavy atom. The fourth-order valence-corrected chi connectivity index (χ4v) is 2.53. The van der Waals surface area contributed by atoms with Gasteiger partial charge in [-0.25, -0.2) is 0 Å². The lowest BCUT2D eigenvalue weighted by molar-refractivity contribution is -0.360. The van der Waals surface area contributed by atoms with E-state index in [-0.39, 0.29) is 13.0 Å². The van der Waals surface area contributed by atoms with Crippen LogP contribution in [0.4, 0.5) is 0 Å². The second-order valence-corrected chi connectivity index (χ2v) is 5.49. The Labute approximate surface area is 116 Å². The van der Waals surface area contributed by atoms with E-state index in [1.807, 2.05) is 0 Å². The summed E-state index contributed by atoms with van der Waals surface area (Å²) in [6, 6.07) is 0. The quantitative estimate of drug-likeness (QED) is 0.393. The normalized spacial score (nSPS) is 53.2. The summed E-state index contributed by atoms with van der Waals surface area (Å²) in [4.78, 5) is 0. The molecule has 8 nitrogen and oxygen atoms in total. The highest BCUT2D eigenvalue weighted by molar-refractivity contribution is 4.94. The van der Waals surface area contributed by atoms with E-state index in [2.05, 4.69) is 0 Å². The zero-order valence-corrected chi connectivity index (χ0v) is 11.4. The summed E-state index contributed by atoms with van der Waals surface area (Å²) in [7, 11) is 0. The van der Waals surface area contributed by atoms with E-state index in [1.165, 1.54) is 6.92 Å². The van der Waals surface area contributed by atoms with Crippen molar-refractivity contribution >= 4 is 0 Å². The van der Waals surface area contributed by atoms with Crippen molar-refractivity contribution in [2.75, 3.05) is 6.61 Å². The van der Waals surface area contributed by atoms with Gasteiger partial charge in [0.2, 0.25) is 0 Å². The van der Waals surface area contributed by atoms with Gasteiger partial charge in [0.1, 0.15) is 18.3 Å². The molecule has 8 heteroatoms. The van der Waals surface area contributed by atoms with Crippen LogP contribution in [0, 0.1) is 0 Å². The molecule has 0 bridgehead atoms. The molecule has 8 atom stereocenters. The molecule has 0 amide bonds. The highest BCUT2D eigenvalue weighted by Crippen LogP contribution is 2.35. The van der Waals surface area contributed by atoms with Gasteiger partial charge in [-0.15, -0.1) is 0 Å². The summed E-state index contributed by atoms with van der Waals surface area (Å²) < 4.78 is 16.1. The highest BCUT2D eigenvalue weighted by atomic mass is 16.8. The Morgan fingerprint density at radius 3 is 2.35 bits per heavy atom. The molecule has 0 radical (unpaired) electrons. The van der Waals surface area contributed by atoms with Crippen LogP contribution >= 0.6 is 0 Å². The van der Waals surface area contributed by atoms with Crippen LogP contribution in [0.3, 0.4) is 0 Å². The molecule has 0 aromatic heterocycles. The minimum absolute atomic E-state index is 0.0800. The number of hydrogen-bond donors (Lipinski definition) is 5. The maximum atomic E-state index is 9.94. The van der Waals surface area contributed by atoms with E-state index < -0.39 is 48.7 Å². The standard InChI is InChI=1S/C12H22O8/c1-5-8(15)10(17)12(2,19-5)20-11-9(16)7(14)3-6(4-13)18-11/h5-11,13-17H,3-4H2,1-2H3/t5-,6-,7-,8+,9+,10-,11-,12-/m0/s1. The summed E-state index contributed by atoms with van der Waals surface area (Å²) >= 11 is 0. The largest absolute Gasteiger partial charge is 0.394 e. The Balaban J connectivity index is 2.08. The summed E-state index contributed by atoms with van der Waals surface area (Å²) in [6.07, 6.45) is -7.41. The van der Waals surface area contributed by atoms with E-state index in [9.17, 15) is 20.4 Å². The highest BCUT2D eigenvalue weighted by Gasteiger charge is 2.53. The molecule has 2 heterocycles. The fourth-order valence-electron chi connectivity index (χ4n) is 2.53. The molecule has 0 aromatic rings. The van der Waals surface area contributed by atoms with E-state index in [4.69, 9.17) is 19.3 Å². The van der Waals surface area contributed by atoms with Crippen molar-refractivity contribution in [2.45, 2.75) is 69.0 Å². The Kier molecular flexibility index (Phi) is 4.67. The van der Waals surface area contributed by atoms with E-state index in [0.29, 0.717) is 0 Å². The summed E-state index contributed by atoms with van der Waals surface area (Å²) in [5.41, 5.74) is 0. The molecule has 0 aromatic carbocycles. The number of aliphatic hydroxyl groups excluding tert-OH is 5. The van der Waals surface area contributed by atoms with Gasteiger partial charge in [0.25, 0.3) is 0 Å². The van der Waals surface area contributed by atoms with Crippen molar-refractivity contribution in [1.82, 2.24) is 0 Å². The summed E-state index contributed by atoms with van der Waals surface area (Å²) in [5, 5.41) is 48.3. The third-order valence-corrected chi connectivity index (χ3v) is 3.82. The molecule has 2 fully saturated rings. The second kappa shape index (κ2) is 5.82. The predicted molar refractivity (Wildman–Crippen MR) is 64.4 cm³/mol. The van der Waals surface area contributed by atoms with Crippen molar-refractivity contribution < 1.29 is 39.7 Å². The maximum absolute atomic E-state index is 9.94. The van der Waals surface area contributed by atoms with Gasteiger partial charge >= 0.3 is 0 Å². The van der Waals surface area contributed by atoms with E-state index in [0.717, 1.165) is 0 Å². The van der Waals surface area contributed by atoms with Crippen LogP contribution in [-0.4, -0.2) is 80.8 Å². The van der Waals surface area contributed by atoms with Gasteiger partial charge in [0, 0.05) is 6.42 Å². The van der Waals surface area contributed by atoms with E-state index >= 15 is 0 Å². The smallest absolute Gasteiger partial charge is 0.197 e. The Bertz CT molecular complexity index is 339. The van der Waals surface area contributed by atoms with Gasteiger partial charge in [-0.2, -0.15) is 0 Å². The molecular formula is C12H22O8. The number of hydrogen-bond acceptors (Lipinski definition) is 8. The first-order valence-corrected chi connectivity index (χ1v) is 6.62. The average Bonchev–Trinajstić information content (AvgIpc) is 2.58. The van der Waals surface area contributed by atoms with Crippen LogP contribution in [-0.2, 0) is 14.2 Å². The first-order valence-electron chi connectivity index (χ1n) is 6.62. The minimum atomic E-state index is -1.57. The lowest BCUT2D eigenvalue weighted by atomic mass is 10.0. The third-order valence-electron chi connectivity index (χ3n) is 3.82. The molecule has 2 rings (SSSR count). The van der Waals surface area contributed by atoms with Gasteiger partial charge in [-0.1, -0.05) is 0 Å². The Hall–Kier alpha value is -0.320. The fraction of sp³-hybridized carbons (Fsp3) is 1.00. The van der Waals surface area contributed by atoms with Crippen LogP contribution in [0.25, 0.3) is 0 Å². The van der Waals surface area contributed by atoms with Crippen molar-refractivity contribution in [3.63, 3.8) is 0 Å². The lowest BCUT2D eigenvalue weighted by Crippen LogP contribution is -2.55. The summed E-state index contributed by atoms with van der Waals surface area (Å²) in [5.74, 6) is -1.57. The first kappa shape index (κ1) is 16.1. The molecular weight excluding hydrogens is 272 g/mol. The first-order chi connectivity index (χ1) is 9.28. The van der Waals surface area contributed by atoms with Gasteiger partial charge < -0.3 is 39.7 Å². The van der Waals surface area contributed by atoms with Crippen LogP contribution in [0.1, 0.15) is 20.3 Å². The molecule has 20 heavy (non-hydrogen) atoms. The molecule has 2 saturated heterocycles. The SMILES string of the molecule is C[C@@H]1O[C@@](C)(O[C@@H]2O[C@H](CO)C[C@H](O)[C@H]2O)[C@@H](O)[C@@H]1O. The van der Waals surface area contributed by atoms with Gasteiger partial charge in [0.15, 0.2) is 12.1 Å². The molecule has 0 saturated carbocycles. The predicted octanol–water partition coefficient (Wildman–Crippen LogP) is -2.31. The van der Waals surface area contributed by atoms with Crippen molar-refractivity contribution in [3.8, 4) is 0 Å². The minimum Gasteiger partial charge on any atom is -0.394 e. The Morgan fingerprint density at radius 1 is 1.20 bits per heavy atom. The van der Waals surface area contributed by atoms with Gasteiger partial charge in [-0.3, -0.25) is 0 Å².